The second-order valence-electron chi connectivity index (χ2n) is 15.4. The Kier molecular flexibility index (Phi) is 7.36. The van der Waals surface area contributed by atoms with Gasteiger partial charge in [0, 0.05) is 11.4 Å². The Morgan fingerprint density at radius 2 is 1.66 bits per heavy atom. The summed E-state index contributed by atoms with van der Waals surface area (Å²) in [6.45, 7) is 17.5. The van der Waals surface area contributed by atoms with E-state index in [1.807, 2.05) is 6.07 Å². The minimum absolute atomic E-state index is 0.218. The zero-order chi connectivity index (χ0) is 27.5. The van der Waals surface area contributed by atoms with Gasteiger partial charge in [-0.25, -0.2) is 0 Å². The number of fused-ring (bicyclic) bond motifs is 5. The monoisotopic (exact) mass is 516 g/mol. The summed E-state index contributed by atoms with van der Waals surface area (Å²) in [4.78, 5) is 0. The van der Waals surface area contributed by atoms with Crippen molar-refractivity contribution in [1.82, 2.24) is 0 Å². The normalized spacial score (nSPS) is 38.4. The standard InChI is InChI=1S/C36H56N2/c1-23(2)9-8-10-24(3)30-12-13-31-29-11-14-33-34(4,5)26(19-25-20-27(37)22-28(38)21-25)15-17-36(33,7)32(29)16-18-35(30,31)6/h9,14,20-22,24,26,29-32H,8,10-13,15-19,37-38H2,1-7H3. The first-order valence-corrected chi connectivity index (χ1v) is 15.9. The Hall–Kier alpha value is -1.70. The average Bonchev–Trinajstić information content (AvgIpc) is 3.17. The van der Waals surface area contributed by atoms with Crippen molar-refractivity contribution in [2.24, 2.45) is 51.8 Å². The highest BCUT2D eigenvalue weighted by atomic mass is 14.7. The number of allylic oxidation sites excluding steroid dienone is 4. The lowest BCUT2D eigenvalue weighted by atomic mass is 9.43. The number of nitrogen functional groups attached to an aromatic ring is 2. The van der Waals surface area contributed by atoms with Gasteiger partial charge < -0.3 is 11.5 Å². The minimum Gasteiger partial charge on any atom is -0.399 e. The molecule has 1 aromatic rings. The van der Waals surface area contributed by atoms with Gasteiger partial charge in [0.1, 0.15) is 0 Å². The maximum atomic E-state index is 6.16. The molecule has 4 aliphatic carbocycles. The highest BCUT2D eigenvalue weighted by molar-refractivity contribution is 5.54. The van der Waals surface area contributed by atoms with E-state index in [1.165, 1.54) is 68.9 Å². The molecule has 210 valence electrons. The smallest absolute Gasteiger partial charge is 0.0337 e. The van der Waals surface area contributed by atoms with E-state index in [9.17, 15) is 0 Å². The molecule has 8 unspecified atom stereocenters. The van der Waals surface area contributed by atoms with Crippen molar-refractivity contribution in [2.45, 2.75) is 113 Å². The Morgan fingerprint density at radius 3 is 2.34 bits per heavy atom. The number of rotatable bonds is 6. The van der Waals surface area contributed by atoms with Crippen LogP contribution < -0.4 is 11.5 Å². The Bertz CT molecular complexity index is 1070. The molecule has 2 nitrogen and oxygen atoms in total. The van der Waals surface area contributed by atoms with E-state index >= 15 is 0 Å². The summed E-state index contributed by atoms with van der Waals surface area (Å²) < 4.78 is 0. The molecule has 8 atom stereocenters. The minimum atomic E-state index is 0.218. The summed E-state index contributed by atoms with van der Waals surface area (Å²) in [6.07, 6.45) is 18.7. The molecule has 0 heterocycles. The van der Waals surface area contributed by atoms with Crippen LogP contribution in [0.1, 0.15) is 112 Å². The van der Waals surface area contributed by atoms with Gasteiger partial charge in [0.15, 0.2) is 0 Å². The van der Waals surface area contributed by atoms with E-state index in [1.54, 1.807) is 5.57 Å². The topological polar surface area (TPSA) is 52.0 Å². The van der Waals surface area contributed by atoms with Crippen molar-refractivity contribution >= 4 is 11.4 Å². The van der Waals surface area contributed by atoms with Crippen LogP contribution >= 0.6 is 0 Å². The molecule has 5 rings (SSSR count). The van der Waals surface area contributed by atoms with Crippen molar-refractivity contribution in [1.29, 1.82) is 0 Å². The molecular weight excluding hydrogens is 460 g/mol. The quantitative estimate of drug-likeness (QED) is 0.292. The van der Waals surface area contributed by atoms with Gasteiger partial charge in [-0.15, -0.1) is 0 Å². The molecular formula is C36H56N2. The van der Waals surface area contributed by atoms with Gasteiger partial charge in [-0.05, 0) is 154 Å². The van der Waals surface area contributed by atoms with Crippen molar-refractivity contribution in [3.05, 3.63) is 47.1 Å². The van der Waals surface area contributed by atoms with Crippen LogP contribution in [-0.4, -0.2) is 0 Å². The van der Waals surface area contributed by atoms with Crippen LogP contribution in [0.4, 0.5) is 11.4 Å². The van der Waals surface area contributed by atoms with Crippen LogP contribution in [0.2, 0.25) is 0 Å². The maximum absolute atomic E-state index is 6.16. The molecule has 0 bridgehead atoms. The second kappa shape index (κ2) is 10.0. The van der Waals surface area contributed by atoms with Crippen molar-refractivity contribution in [3.63, 3.8) is 0 Å². The molecule has 2 heteroatoms. The highest BCUT2D eigenvalue weighted by Gasteiger charge is 2.61. The summed E-state index contributed by atoms with van der Waals surface area (Å²) in [5.41, 5.74) is 19.6. The van der Waals surface area contributed by atoms with E-state index in [0.29, 0.717) is 16.7 Å². The first-order chi connectivity index (χ1) is 17.9. The molecule has 0 saturated heterocycles. The number of hydrogen-bond donors (Lipinski definition) is 2. The molecule has 4 aliphatic rings. The molecule has 0 amide bonds. The van der Waals surface area contributed by atoms with Gasteiger partial charge in [0.25, 0.3) is 0 Å². The molecule has 4 N–H and O–H groups in total. The summed E-state index contributed by atoms with van der Waals surface area (Å²) >= 11 is 0. The predicted molar refractivity (Wildman–Crippen MR) is 165 cm³/mol. The first kappa shape index (κ1) is 27.9. The van der Waals surface area contributed by atoms with Crippen molar-refractivity contribution < 1.29 is 0 Å². The molecule has 0 spiro atoms. The zero-order valence-corrected chi connectivity index (χ0v) is 25.6. The van der Waals surface area contributed by atoms with Gasteiger partial charge in [0.2, 0.25) is 0 Å². The van der Waals surface area contributed by atoms with E-state index in [-0.39, 0.29) is 5.41 Å². The second-order valence-corrected chi connectivity index (χ2v) is 15.4. The van der Waals surface area contributed by atoms with Crippen LogP contribution in [0.25, 0.3) is 0 Å². The van der Waals surface area contributed by atoms with Crippen LogP contribution in [-0.2, 0) is 6.42 Å². The van der Waals surface area contributed by atoms with Gasteiger partial charge in [-0.3, -0.25) is 0 Å². The van der Waals surface area contributed by atoms with Gasteiger partial charge in [-0.1, -0.05) is 57.9 Å². The number of anilines is 2. The summed E-state index contributed by atoms with van der Waals surface area (Å²) in [6, 6.07) is 6.17. The van der Waals surface area contributed by atoms with Crippen molar-refractivity contribution in [3.8, 4) is 0 Å². The largest absolute Gasteiger partial charge is 0.399 e. The molecule has 0 aromatic heterocycles. The van der Waals surface area contributed by atoms with Gasteiger partial charge >= 0.3 is 0 Å². The van der Waals surface area contributed by atoms with Crippen molar-refractivity contribution in [2.75, 3.05) is 11.5 Å². The molecule has 1 aromatic carbocycles. The van der Waals surface area contributed by atoms with Gasteiger partial charge in [0.05, 0.1) is 0 Å². The SMILES string of the molecule is CC(C)=CCCC(C)C1CCC2C3CC=C4C(C)(C)C(Cc5cc(N)cc(N)c5)CCC4(C)C3CCC12C. The van der Waals surface area contributed by atoms with Crippen LogP contribution in [0.3, 0.4) is 0 Å². The lowest BCUT2D eigenvalue weighted by Gasteiger charge is -2.62. The Morgan fingerprint density at radius 1 is 0.947 bits per heavy atom. The molecule has 3 fully saturated rings. The number of hydrogen-bond acceptors (Lipinski definition) is 2. The molecule has 38 heavy (non-hydrogen) atoms. The fourth-order valence-electron chi connectivity index (χ4n) is 10.8. The fourth-order valence-corrected chi connectivity index (χ4v) is 10.8. The zero-order valence-electron chi connectivity index (χ0n) is 25.6. The highest BCUT2D eigenvalue weighted by Crippen LogP contribution is 2.69. The third-order valence-electron chi connectivity index (χ3n) is 12.6. The number of benzene rings is 1. The summed E-state index contributed by atoms with van der Waals surface area (Å²) in [5.74, 6) is 5.07. The fraction of sp³-hybridized carbons (Fsp3) is 0.722. The molecule has 3 saturated carbocycles. The van der Waals surface area contributed by atoms with Crippen LogP contribution in [0.5, 0.6) is 0 Å². The van der Waals surface area contributed by atoms with Crippen LogP contribution in [0.15, 0.2) is 41.5 Å². The summed E-state index contributed by atoms with van der Waals surface area (Å²) in [5, 5.41) is 0. The lowest BCUT2D eigenvalue weighted by molar-refractivity contribution is -0.0649. The maximum Gasteiger partial charge on any atom is 0.0337 e. The lowest BCUT2D eigenvalue weighted by Crippen LogP contribution is -2.53. The Balaban J connectivity index is 1.35. The Labute approximate surface area is 234 Å². The van der Waals surface area contributed by atoms with E-state index in [4.69, 9.17) is 11.5 Å². The summed E-state index contributed by atoms with van der Waals surface area (Å²) in [7, 11) is 0. The van der Waals surface area contributed by atoms with E-state index < -0.39 is 0 Å². The van der Waals surface area contributed by atoms with Crippen LogP contribution in [0, 0.1) is 51.8 Å². The average molecular weight is 517 g/mol. The van der Waals surface area contributed by atoms with E-state index in [0.717, 1.165) is 47.4 Å². The first-order valence-electron chi connectivity index (χ1n) is 15.9. The molecule has 0 radical (unpaired) electrons. The van der Waals surface area contributed by atoms with Gasteiger partial charge in [-0.2, -0.15) is 0 Å². The molecule has 0 aliphatic heterocycles. The number of nitrogens with two attached hydrogens (primary N) is 2. The van der Waals surface area contributed by atoms with E-state index in [2.05, 4.69) is 72.8 Å². The predicted octanol–water partition coefficient (Wildman–Crippen LogP) is 9.61. The third-order valence-corrected chi connectivity index (χ3v) is 12.6. The third kappa shape index (κ3) is 4.66.